The summed E-state index contributed by atoms with van der Waals surface area (Å²) in [6, 6.07) is 11.9. The fourth-order valence-corrected chi connectivity index (χ4v) is 4.66. The van der Waals surface area contributed by atoms with Crippen LogP contribution >= 0.6 is 0 Å². The maximum Gasteiger partial charge on any atom is 0.243 e. The van der Waals surface area contributed by atoms with E-state index in [1.54, 1.807) is 55.6 Å². The van der Waals surface area contributed by atoms with E-state index in [1.807, 2.05) is 6.92 Å². The highest BCUT2D eigenvalue weighted by Crippen LogP contribution is 2.38. The molecule has 2 N–H and O–H groups in total. The molecule has 12 heteroatoms. The maximum absolute atomic E-state index is 13.4. The number of sulfonamides is 1. The summed E-state index contributed by atoms with van der Waals surface area (Å²) in [7, 11) is -1.22. The number of nitrogens with zero attached hydrogens (tertiary/aromatic N) is 4. The molecule has 0 amide bonds. The molecule has 36 heavy (non-hydrogen) atoms. The highest BCUT2D eigenvalue weighted by atomic mass is 32.2. The molecule has 0 bridgehead atoms. The fourth-order valence-electron chi connectivity index (χ4n) is 3.61. The molecule has 0 fully saturated rings. The monoisotopic (exact) mass is 513 g/mol. The highest BCUT2D eigenvalue weighted by molar-refractivity contribution is 7.93. The number of aromatic nitrogens is 4. The molecule has 1 aromatic carbocycles. The number of furan rings is 1. The molecular formula is C24H27N5O6S. The largest absolute Gasteiger partial charge is 0.494 e. The van der Waals surface area contributed by atoms with Gasteiger partial charge < -0.3 is 19.0 Å². The Labute approximate surface area is 208 Å². The van der Waals surface area contributed by atoms with Gasteiger partial charge in [-0.2, -0.15) is 0 Å². The number of rotatable bonds is 9. The van der Waals surface area contributed by atoms with E-state index < -0.39 is 21.4 Å². The summed E-state index contributed by atoms with van der Waals surface area (Å²) < 4.78 is 47.4. The van der Waals surface area contributed by atoms with Gasteiger partial charge in [0.1, 0.15) is 34.3 Å². The number of hydrogen-bond donors (Lipinski definition) is 2. The van der Waals surface area contributed by atoms with E-state index in [9.17, 15) is 13.5 Å². The molecule has 0 aliphatic rings. The molecule has 2 atom stereocenters. The second kappa shape index (κ2) is 9.99. The van der Waals surface area contributed by atoms with Crippen LogP contribution in [0.1, 0.15) is 30.0 Å². The van der Waals surface area contributed by atoms with Crippen molar-refractivity contribution in [3.8, 4) is 28.8 Å². The number of aliphatic hydroxyl groups is 1. The van der Waals surface area contributed by atoms with Gasteiger partial charge in [-0.05, 0) is 56.7 Å². The van der Waals surface area contributed by atoms with Crippen LogP contribution in [0, 0.1) is 13.8 Å². The van der Waals surface area contributed by atoms with Crippen LogP contribution in [0.25, 0.3) is 17.3 Å². The summed E-state index contributed by atoms with van der Waals surface area (Å²) >= 11 is 0. The van der Waals surface area contributed by atoms with Crippen LogP contribution in [-0.2, 0) is 10.0 Å². The van der Waals surface area contributed by atoms with Crippen molar-refractivity contribution in [3.63, 3.8) is 0 Å². The second-order valence-corrected chi connectivity index (χ2v) is 10.2. The number of ether oxygens (including phenoxy) is 2. The van der Waals surface area contributed by atoms with Gasteiger partial charge in [-0.25, -0.2) is 8.42 Å². The van der Waals surface area contributed by atoms with Crippen LogP contribution in [0.4, 0.5) is 5.95 Å². The summed E-state index contributed by atoms with van der Waals surface area (Å²) in [4.78, 5) is 4.16. The van der Waals surface area contributed by atoms with Gasteiger partial charge in [0.05, 0.1) is 19.9 Å². The Kier molecular flexibility index (Phi) is 7.00. The van der Waals surface area contributed by atoms with Crippen molar-refractivity contribution in [1.82, 2.24) is 19.7 Å². The van der Waals surface area contributed by atoms with Gasteiger partial charge in [-0.1, -0.05) is 12.1 Å². The second-order valence-electron chi connectivity index (χ2n) is 8.16. The van der Waals surface area contributed by atoms with Gasteiger partial charge in [0.25, 0.3) is 0 Å². The third-order valence-corrected chi connectivity index (χ3v) is 7.36. The average Bonchev–Trinajstić information content (AvgIpc) is 3.48. The molecule has 11 nitrogen and oxygen atoms in total. The molecule has 0 radical (unpaired) electrons. The number of nitrogens with one attached hydrogen (secondary N) is 1. The molecule has 3 aromatic heterocycles. The number of anilines is 1. The van der Waals surface area contributed by atoms with Crippen molar-refractivity contribution >= 4 is 16.0 Å². The van der Waals surface area contributed by atoms with Crippen LogP contribution in [-0.4, -0.2) is 52.7 Å². The summed E-state index contributed by atoms with van der Waals surface area (Å²) in [6.45, 7) is 5.01. The van der Waals surface area contributed by atoms with Gasteiger partial charge in [-0.15, -0.1) is 10.2 Å². The Morgan fingerprint density at radius 3 is 2.28 bits per heavy atom. The standard InChI is InChI=1S/C24H27N5O6S/c1-14-9-11-17(25-13-14)22(30)16(3)36(31,32)28-24-27-26-23(20-12-10-15(2)35-20)29(24)21-18(33-4)7-6-8-19(21)34-5/h6-13,16,22,30H,1-5H3,(H,27,28). The van der Waals surface area contributed by atoms with Crippen LogP contribution in [0.15, 0.2) is 53.1 Å². The third kappa shape index (κ3) is 4.77. The minimum absolute atomic E-state index is 0.141. The van der Waals surface area contributed by atoms with Crippen LogP contribution in [0.5, 0.6) is 11.5 Å². The molecule has 4 rings (SSSR count). The van der Waals surface area contributed by atoms with E-state index in [0.29, 0.717) is 28.7 Å². The number of para-hydroxylation sites is 1. The molecule has 0 spiro atoms. The van der Waals surface area contributed by atoms with Crippen molar-refractivity contribution in [2.75, 3.05) is 18.9 Å². The predicted molar refractivity (Wildman–Crippen MR) is 133 cm³/mol. The minimum Gasteiger partial charge on any atom is -0.494 e. The number of methoxy groups -OCH3 is 2. The van der Waals surface area contributed by atoms with Gasteiger partial charge in [0, 0.05) is 6.20 Å². The Bertz CT molecular complexity index is 1440. The van der Waals surface area contributed by atoms with Crippen molar-refractivity contribution in [2.24, 2.45) is 0 Å². The van der Waals surface area contributed by atoms with Crippen LogP contribution in [0.3, 0.4) is 0 Å². The van der Waals surface area contributed by atoms with Gasteiger partial charge in [0.15, 0.2) is 5.76 Å². The van der Waals surface area contributed by atoms with E-state index >= 15 is 0 Å². The van der Waals surface area contributed by atoms with E-state index in [0.717, 1.165) is 5.56 Å². The normalized spacial score (nSPS) is 13.3. The van der Waals surface area contributed by atoms with Crippen molar-refractivity contribution in [3.05, 3.63) is 65.7 Å². The molecule has 3 heterocycles. The number of aliphatic hydroxyl groups excluding tert-OH is 1. The lowest BCUT2D eigenvalue weighted by Crippen LogP contribution is -2.32. The summed E-state index contributed by atoms with van der Waals surface area (Å²) in [5.74, 6) is 1.84. The maximum atomic E-state index is 13.4. The number of hydrogen-bond acceptors (Lipinski definition) is 9. The Balaban J connectivity index is 1.81. The zero-order valence-corrected chi connectivity index (χ0v) is 21.3. The molecule has 4 aromatic rings. The average molecular weight is 514 g/mol. The van der Waals surface area contributed by atoms with Crippen LogP contribution < -0.4 is 14.2 Å². The quantitative estimate of drug-likeness (QED) is 0.344. The van der Waals surface area contributed by atoms with E-state index in [4.69, 9.17) is 13.9 Å². The van der Waals surface area contributed by atoms with E-state index in [-0.39, 0.29) is 17.5 Å². The molecule has 190 valence electrons. The van der Waals surface area contributed by atoms with E-state index in [1.165, 1.54) is 25.7 Å². The SMILES string of the molecule is COc1cccc(OC)c1-n1c(NS(=O)(=O)C(C)C(O)c2ccc(C)cn2)nnc1-c1ccc(C)o1. The smallest absolute Gasteiger partial charge is 0.243 e. The first kappa shape index (κ1) is 25.2. The predicted octanol–water partition coefficient (Wildman–Crippen LogP) is 3.42. The van der Waals surface area contributed by atoms with Crippen molar-refractivity contribution in [1.29, 1.82) is 0 Å². The topological polar surface area (TPSA) is 142 Å². The van der Waals surface area contributed by atoms with Crippen molar-refractivity contribution in [2.45, 2.75) is 32.1 Å². The zero-order chi connectivity index (χ0) is 26.0. The number of aryl methyl sites for hydroxylation is 2. The number of benzene rings is 1. The first-order valence-corrected chi connectivity index (χ1v) is 12.6. The highest BCUT2D eigenvalue weighted by Gasteiger charge is 2.33. The third-order valence-electron chi connectivity index (χ3n) is 5.65. The minimum atomic E-state index is -4.18. The summed E-state index contributed by atoms with van der Waals surface area (Å²) in [5.41, 5.74) is 1.49. The molecular weight excluding hydrogens is 486 g/mol. The molecule has 0 saturated carbocycles. The van der Waals surface area contributed by atoms with Gasteiger partial charge in [0.2, 0.25) is 21.8 Å². The molecule has 0 aliphatic carbocycles. The lowest BCUT2D eigenvalue weighted by Gasteiger charge is -2.21. The lowest BCUT2D eigenvalue weighted by molar-refractivity contribution is 0.171. The first-order chi connectivity index (χ1) is 17.2. The molecule has 0 saturated heterocycles. The Hall–Kier alpha value is -3.90. The Morgan fingerprint density at radius 2 is 1.72 bits per heavy atom. The van der Waals surface area contributed by atoms with E-state index in [2.05, 4.69) is 19.9 Å². The summed E-state index contributed by atoms with van der Waals surface area (Å²) in [5, 5.41) is 17.8. The van der Waals surface area contributed by atoms with Gasteiger partial charge >= 0.3 is 0 Å². The summed E-state index contributed by atoms with van der Waals surface area (Å²) in [6.07, 6.45) is 0.181. The van der Waals surface area contributed by atoms with Gasteiger partial charge in [-0.3, -0.25) is 14.3 Å². The first-order valence-electron chi connectivity index (χ1n) is 11.0. The van der Waals surface area contributed by atoms with Crippen molar-refractivity contribution < 1.29 is 27.4 Å². The zero-order valence-electron chi connectivity index (χ0n) is 20.5. The molecule has 0 aliphatic heterocycles. The lowest BCUT2D eigenvalue weighted by atomic mass is 10.1. The number of pyridine rings is 1. The van der Waals surface area contributed by atoms with Crippen LogP contribution in [0.2, 0.25) is 0 Å². The Morgan fingerprint density at radius 1 is 1.03 bits per heavy atom. The molecule has 2 unspecified atom stereocenters. The fraction of sp³-hybridized carbons (Fsp3) is 0.292.